The molecule has 1 rings (SSSR count). The third kappa shape index (κ3) is 4.18. The van der Waals surface area contributed by atoms with Gasteiger partial charge in [0.25, 0.3) is 0 Å². The van der Waals surface area contributed by atoms with Gasteiger partial charge in [0, 0.05) is 18.3 Å². The second kappa shape index (κ2) is 7.27. The summed E-state index contributed by atoms with van der Waals surface area (Å²) in [6.07, 6.45) is 7.44. The minimum Gasteiger partial charge on any atom is -0.465 e. The fraction of sp³-hybridized carbons (Fsp3) is 0.176. The van der Waals surface area contributed by atoms with Crippen LogP contribution in [-0.4, -0.2) is 7.05 Å². The number of ether oxygens (including phenoxy) is 1. The zero-order valence-corrected chi connectivity index (χ0v) is 11.9. The van der Waals surface area contributed by atoms with Crippen LogP contribution >= 0.6 is 0 Å². The Labute approximate surface area is 115 Å². The Morgan fingerprint density at radius 1 is 1.32 bits per heavy atom. The molecule has 0 aliphatic heterocycles. The van der Waals surface area contributed by atoms with Gasteiger partial charge in [-0.3, -0.25) is 0 Å². The highest BCUT2D eigenvalue weighted by Gasteiger charge is 1.98. The number of rotatable bonds is 5. The van der Waals surface area contributed by atoms with E-state index >= 15 is 0 Å². The Hall–Kier alpha value is -2.22. The molecule has 0 saturated heterocycles. The van der Waals surface area contributed by atoms with Crippen LogP contribution in [0.1, 0.15) is 13.8 Å². The van der Waals surface area contributed by atoms with E-state index in [1.165, 1.54) is 0 Å². The largest absolute Gasteiger partial charge is 0.465 e. The monoisotopic (exact) mass is 255 g/mol. The Morgan fingerprint density at radius 2 is 2.05 bits per heavy atom. The number of allylic oxidation sites excluding steroid dienone is 3. The van der Waals surface area contributed by atoms with Crippen molar-refractivity contribution in [2.75, 3.05) is 12.4 Å². The minimum atomic E-state index is 0.620. The highest BCUT2D eigenvalue weighted by atomic mass is 16.5. The average molecular weight is 255 g/mol. The second-order valence-electron chi connectivity index (χ2n) is 4.06. The second-order valence-corrected chi connectivity index (χ2v) is 4.06. The summed E-state index contributed by atoms with van der Waals surface area (Å²) in [7, 11) is 1.90. The Bertz CT molecular complexity index is 609. The van der Waals surface area contributed by atoms with E-state index in [-0.39, 0.29) is 0 Å². The first-order valence-electron chi connectivity index (χ1n) is 6.24. The fourth-order valence-electron chi connectivity index (χ4n) is 1.60. The molecule has 1 aromatic carbocycles. The highest BCUT2D eigenvalue weighted by molar-refractivity contribution is 5.57. The summed E-state index contributed by atoms with van der Waals surface area (Å²) in [4.78, 5) is 0. The van der Waals surface area contributed by atoms with Crippen molar-refractivity contribution in [3.8, 4) is 0 Å². The predicted molar refractivity (Wildman–Crippen MR) is 84.0 cm³/mol. The molecule has 2 nitrogen and oxygen atoms in total. The molecule has 0 aliphatic rings. The molecule has 0 radical (unpaired) electrons. The molecule has 100 valence electrons. The number of nitrogens with one attached hydrogen (secondary N) is 1. The van der Waals surface area contributed by atoms with E-state index in [0.29, 0.717) is 5.76 Å². The van der Waals surface area contributed by atoms with E-state index in [2.05, 4.69) is 24.5 Å². The maximum atomic E-state index is 5.40. The van der Waals surface area contributed by atoms with Crippen molar-refractivity contribution in [1.29, 1.82) is 0 Å². The summed E-state index contributed by atoms with van der Waals surface area (Å²) in [6, 6.07) is 6.04. The van der Waals surface area contributed by atoms with Crippen LogP contribution in [0.15, 0.2) is 54.5 Å². The summed E-state index contributed by atoms with van der Waals surface area (Å²) in [5, 5.41) is 5.13. The van der Waals surface area contributed by atoms with Gasteiger partial charge in [-0.15, -0.1) is 0 Å². The van der Waals surface area contributed by atoms with Crippen molar-refractivity contribution in [3.63, 3.8) is 0 Å². The van der Waals surface area contributed by atoms with E-state index in [1.54, 1.807) is 6.26 Å². The Balaban J connectivity index is 3.19. The van der Waals surface area contributed by atoms with Gasteiger partial charge in [0.15, 0.2) is 0 Å². The van der Waals surface area contributed by atoms with Crippen molar-refractivity contribution in [1.82, 2.24) is 0 Å². The summed E-state index contributed by atoms with van der Waals surface area (Å²) in [5.41, 5.74) is 1.99. The van der Waals surface area contributed by atoms with Crippen LogP contribution in [0.5, 0.6) is 0 Å². The average Bonchev–Trinajstić information content (AvgIpc) is 2.43. The van der Waals surface area contributed by atoms with Crippen LogP contribution in [0.3, 0.4) is 0 Å². The van der Waals surface area contributed by atoms with Crippen LogP contribution in [0.25, 0.3) is 12.7 Å². The third-order valence-corrected chi connectivity index (χ3v) is 2.72. The van der Waals surface area contributed by atoms with Crippen molar-refractivity contribution >= 4 is 18.3 Å². The van der Waals surface area contributed by atoms with Gasteiger partial charge in [-0.2, -0.15) is 0 Å². The fourth-order valence-corrected chi connectivity index (χ4v) is 1.60. The molecule has 1 N–H and O–H groups in total. The molecule has 0 saturated carbocycles. The molecule has 0 bridgehead atoms. The standard InChI is InChI=1S/C17H21NO/c1-6-10-19-14(4)15(7-2)11-16-12-17(18-5)9-8-13(16)3/h6-12,18H,3-4H2,1-2,5H3/b10-6?,15-7?,16-11-. The normalized spacial score (nSPS) is 12.8. The molecule has 0 heterocycles. The number of anilines is 1. The van der Waals surface area contributed by atoms with Crippen LogP contribution in [-0.2, 0) is 4.74 Å². The lowest BCUT2D eigenvalue weighted by molar-refractivity contribution is 0.366. The quantitative estimate of drug-likeness (QED) is 0.645. The van der Waals surface area contributed by atoms with Crippen molar-refractivity contribution in [3.05, 3.63) is 65.0 Å². The molecule has 1 aromatic rings. The molecular weight excluding hydrogens is 234 g/mol. The molecule has 0 fully saturated rings. The lowest BCUT2D eigenvalue weighted by Crippen LogP contribution is -2.23. The smallest absolute Gasteiger partial charge is 0.126 e. The molecule has 0 aliphatic carbocycles. The van der Waals surface area contributed by atoms with Crippen LogP contribution in [0.4, 0.5) is 5.69 Å². The van der Waals surface area contributed by atoms with E-state index < -0.39 is 0 Å². The van der Waals surface area contributed by atoms with Crippen LogP contribution < -0.4 is 15.8 Å². The van der Waals surface area contributed by atoms with E-state index in [0.717, 1.165) is 21.7 Å². The first-order valence-corrected chi connectivity index (χ1v) is 6.24. The van der Waals surface area contributed by atoms with Crippen molar-refractivity contribution < 1.29 is 4.74 Å². The minimum absolute atomic E-state index is 0.620. The lowest BCUT2D eigenvalue weighted by atomic mass is 10.1. The molecular formula is C17H21NO. The number of hydrogen-bond donors (Lipinski definition) is 1. The number of benzene rings is 1. The zero-order valence-electron chi connectivity index (χ0n) is 11.9. The van der Waals surface area contributed by atoms with Gasteiger partial charge in [-0.25, -0.2) is 0 Å². The molecule has 19 heavy (non-hydrogen) atoms. The predicted octanol–water partition coefficient (Wildman–Crippen LogP) is 2.93. The molecule has 0 aromatic heterocycles. The topological polar surface area (TPSA) is 21.3 Å². The van der Waals surface area contributed by atoms with Gasteiger partial charge in [0.05, 0.1) is 6.26 Å². The van der Waals surface area contributed by atoms with E-state index in [1.807, 2.05) is 51.3 Å². The van der Waals surface area contributed by atoms with Crippen LogP contribution in [0.2, 0.25) is 0 Å². The van der Waals surface area contributed by atoms with E-state index in [4.69, 9.17) is 4.74 Å². The summed E-state index contributed by atoms with van der Waals surface area (Å²) >= 11 is 0. The summed E-state index contributed by atoms with van der Waals surface area (Å²) < 4.78 is 5.40. The number of hydrogen-bond acceptors (Lipinski definition) is 2. The van der Waals surface area contributed by atoms with Crippen LogP contribution in [0, 0.1) is 0 Å². The Kier molecular flexibility index (Phi) is 5.68. The van der Waals surface area contributed by atoms with Gasteiger partial charge < -0.3 is 10.1 Å². The van der Waals surface area contributed by atoms with Gasteiger partial charge >= 0.3 is 0 Å². The zero-order chi connectivity index (χ0) is 14.3. The molecule has 0 spiro atoms. The summed E-state index contributed by atoms with van der Waals surface area (Å²) in [5.74, 6) is 0.620. The molecule has 0 unspecified atom stereocenters. The van der Waals surface area contributed by atoms with Crippen molar-refractivity contribution in [2.24, 2.45) is 0 Å². The van der Waals surface area contributed by atoms with E-state index in [9.17, 15) is 0 Å². The van der Waals surface area contributed by atoms with Gasteiger partial charge in [-0.05, 0) is 42.5 Å². The third-order valence-electron chi connectivity index (χ3n) is 2.72. The maximum Gasteiger partial charge on any atom is 0.126 e. The first kappa shape index (κ1) is 14.8. The lowest BCUT2D eigenvalue weighted by Gasteiger charge is -2.05. The molecule has 0 atom stereocenters. The summed E-state index contributed by atoms with van der Waals surface area (Å²) in [6.45, 7) is 11.8. The highest BCUT2D eigenvalue weighted by Crippen LogP contribution is 2.11. The van der Waals surface area contributed by atoms with Crippen molar-refractivity contribution in [2.45, 2.75) is 13.8 Å². The SMILES string of the molecule is C=C(OC=CC)C(=CC)/C=c1/cc(NC)ccc1=C. The van der Waals surface area contributed by atoms with Gasteiger partial charge in [0.2, 0.25) is 0 Å². The maximum absolute atomic E-state index is 5.40. The van der Waals surface area contributed by atoms with Gasteiger partial charge in [-0.1, -0.05) is 31.4 Å². The first-order chi connectivity index (χ1) is 9.12. The van der Waals surface area contributed by atoms with Gasteiger partial charge in [0.1, 0.15) is 5.76 Å². The molecule has 0 amide bonds. The Morgan fingerprint density at radius 3 is 2.63 bits per heavy atom. The molecule has 2 heteroatoms.